The van der Waals surface area contributed by atoms with Gasteiger partial charge < -0.3 is 20.6 Å². The second-order valence-corrected chi connectivity index (χ2v) is 9.92. The Hall–Kier alpha value is -2.58. The van der Waals surface area contributed by atoms with Gasteiger partial charge in [0.15, 0.2) is 5.84 Å². The number of hydrogen-bond acceptors (Lipinski definition) is 6. The molecule has 4 rings (SSSR count). The molecule has 3 heterocycles. The van der Waals surface area contributed by atoms with Crippen molar-refractivity contribution in [1.82, 2.24) is 10.2 Å². The van der Waals surface area contributed by atoms with E-state index in [1.165, 1.54) is 6.07 Å². The Kier molecular flexibility index (Phi) is 4.35. The molecule has 0 spiro atoms. The molecule has 0 fully saturated rings. The lowest BCUT2D eigenvalue weighted by molar-refractivity contribution is 0.148. The molecule has 7 nitrogen and oxygen atoms in total. The Morgan fingerprint density at radius 2 is 2.00 bits per heavy atom. The van der Waals surface area contributed by atoms with Gasteiger partial charge >= 0.3 is 0 Å². The highest BCUT2D eigenvalue weighted by Crippen LogP contribution is 2.34. The molecule has 28 heavy (non-hydrogen) atoms. The summed E-state index contributed by atoms with van der Waals surface area (Å²) in [6, 6.07) is 6.63. The third-order valence-corrected chi connectivity index (χ3v) is 6.10. The molecular formula is C20H24N4O3S. The first-order valence-electron chi connectivity index (χ1n) is 9.15. The molecule has 0 saturated heterocycles. The topological polar surface area (TPSA) is 94.0 Å². The van der Waals surface area contributed by atoms with E-state index in [0.717, 1.165) is 5.57 Å². The van der Waals surface area contributed by atoms with Crippen LogP contribution in [0.4, 0.5) is 5.69 Å². The molecule has 3 aliphatic heterocycles. The second-order valence-electron chi connectivity index (χ2n) is 8.35. The molecule has 148 valence electrons. The van der Waals surface area contributed by atoms with Crippen LogP contribution in [0.5, 0.6) is 0 Å². The summed E-state index contributed by atoms with van der Waals surface area (Å²) in [5.74, 6) is 0.152. The standard InChI is InChI=1S/C20H24N4O3S/c1-20(2,3)12-24-11-14(17(25)13-7-6-10-21-19(13)24)18-22-15-8-4-5-9-16(15)28(26,27)23-18/h4-11,17,19,21,25H,12H2,1-3H3,(H,22,23). The number of benzene rings is 1. The van der Waals surface area contributed by atoms with Crippen molar-refractivity contribution in [3.05, 3.63) is 60.0 Å². The van der Waals surface area contributed by atoms with Crippen molar-refractivity contribution < 1.29 is 13.5 Å². The molecule has 3 N–H and O–H groups in total. The Balaban J connectivity index is 1.80. The lowest BCUT2D eigenvalue weighted by Crippen LogP contribution is -2.53. The first kappa shape index (κ1) is 18.8. The molecular weight excluding hydrogens is 376 g/mol. The van der Waals surface area contributed by atoms with E-state index in [9.17, 15) is 13.5 Å². The van der Waals surface area contributed by atoms with Gasteiger partial charge in [-0.2, -0.15) is 8.42 Å². The van der Waals surface area contributed by atoms with E-state index >= 15 is 0 Å². The summed E-state index contributed by atoms with van der Waals surface area (Å²) >= 11 is 0. The number of allylic oxidation sites excluding steroid dienone is 2. The van der Waals surface area contributed by atoms with Crippen LogP contribution in [0.25, 0.3) is 0 Å². The van der Waals surface area contributed by atoms with Crippen LogP contribution in [0.15, 0.2) is 69.3 Å². The molecule has 1 aromatic carbocycles. The average Bonchev–Trinajstić information content (AvgIpc) is 2.62. The van der Waals surface area contributed by atoms with Crippen LogP contribution in [0.2, 0.25) is 0 Å². The van der Waals surface area contributed by atoms with Crippen LogP contribution in [-0.4, -0.2) is 43.1 Å². The smallest absolute Gasteiger partial charge is 0.286 e. The van der Waals surface area contributed by atoms with Gasteiger partial charge in [-0.1, -0.05) is 39.0 Å². The van der Waals surface area contributed by atoms with Crippen LogP contribution in [0.1, 0.15) is 20.8 Å². The van der Waals surface area contributed by atoms with Gasteiger partial charge in [0.2, 0.25) is 0 Å². The average molecular weight is 401 g/mol. The number of para-hydroxylation sites is 1. The number of amidine groups is 1. The minimum atomic E-state index is -3.84. The Bertz CT molecular complexity index is 1030. The molecule has 0 bridgehead atoms. The summed E-state index contributed by atoms with van der Waals surface area (Å²) in [5, 5.41) is 17.4. The summed E-state index contributed by atoms with van der Waals surface area (Å²) < 4.78 is 29.2. The highest BCUT2D eigenvalue weighted by molar-refractivity contribution is 7.90. The highest BCUT2D eigenvalue weighted by atomic mass is 32.2. The predicted octanol–water partition coefficient (Wildman–Crippen LogP) is 2.18. The van der Waals surface area contributed by atoms with Crippen molar-refractivity contribution in [2.24, 2.45) is 9.81 Å². The molecule has 0 aromatic heterocycles. The first-order valence-corrected chi connectivity index (χ1v) is 10.6. The lowest BCUT2D eigenvalue weighted by Gasteiger charge is -2.43. The summed E-state index contributed by atoms with van der Waals surface area (Å²) in [6.07, 6.45) is 6.18. The third kappa shape index (κ3) is 3.33. The summed E-state index contributed by atoms with van der Waals surface area (Å²) in [7, 11) is -3.84. The van der Waals surface area contributed by atoms with Crippen LogP contribution < -0.4 is 10.6 Å². The van der Waals surface area contributed by atoms with Gasteiger partial charge in [0.25, 0.3) is 10.0 Å². The van der Waals surface area contributed by atoms with Crippen molar-refractivity contribution >= 4 is 21.5 Å². The Labute approximate surface area is 165 Å². The number of nitrogens with one attached hydrogen (secondary N) is 2. The minimum Gasteiger partial charge on any atom is -0.384 e. The first-order chi connectivity index (χ1) is 13.2. The van der Waals surface area contributed by atoms with Crippen LogP contribution in [-0.2, 0) is 10.0 Å². The zero-order valence-corrected chi connectivity index (χ0v) is 16.9. The summed E-state index contributed by atoms with van der Waals surface area (Å²) in [6.45, 7) is 7.10. The summed E-state index contributed by atoms with van der Waals surface area (Å²) in [5.41, 5.74) is 1.64. The minimum absolute atomic E-state index is 0.00165. The van der Waals surface area contributed by atoms with E-state index in [-0.39, 0.29) is 22.3 Å². The van der Waals surface area contributed by atoms with E-state index in [1.54, 1.807) is 24.4 Å². The zero-order chi connectivity index (χ0) is 20.1. The number of fused-ring (bicyclic) bond motifs is 2. The zero-order valence-electron chi connectivity index (χ0n) is 16.0. The molecule has 0 amide bonds. The lowest BCUT2D eigenvalue weighted by atomic mass is 9.89. The van der Waals surface area contributed by atoms with Gasteiger partial charge in [-0.3, -0.25) is 0 Å². The Morgan fingerprint density at radius 3 is 2.75 bits per heavy atom. The van der Waals surface area contributed by atoms with Crippen molar-refractivity contribution in [3.8, 4) is 0 Å². The van der Waals surface area contributed by atoms with Crippen LogP contribution >= 0.6 is 0 Å². The fourth-order valence-electron chi connectivity index (χ4n) is 3.64. The fraction of sp³-hybridized carbons (Fsp3) is 0.350. The molecule has 3 aliphatic rings. The van der Waals surface area contributed by atoms with Crippen molar-refractivity contribution in [1.29, 1.82) is 0 Å². The monoisotopic (exact) mass is 400 g/mol. The van der Waals surface area contributed by atoms with E-state index < -0.39 is 16.1 Å². The third-order valence-electron chi connectivity index (χ3n) is 4.76. The van der Waals surface area contributed by atoms with E-state index in [1.807, 2.05) is 18.4 Å². The van der Waals surface area contributed by atoms with E-state index in [0.29, 0.717) is 17.8 Å². The molecule has 8 heteroatoms. The van der Waals surface area contributed by atoms with Crippen LogP contribution in [0, 0.1) is 5.41 Å². The van der Waals surface area contributed by atoms with Crippen molar-refractivity contribution in [3.63, 3.8) is 0 Å². The number of dihydropyridines is 1. The quantitative estimate of drug-likeness (QED) is 0.705. The molecule has 0 radical (unpaired) electrons. The van der Waals surface area contributed by atoms with Gasteiger partial charge in [0.1, 0.15) is 17.2 Å². The number of sulfonamides is 1. The van der Waals surface area contributed by atoms with Gasteiger partial charge in [-0.05, 0) is 29.8 Å². The predicted molar refractivity (Wildman–Crippen MR) is 109 cm³/mol. The number of aliphatic hydroxyl groups is 1. The Morgan fingerprint density at radius 1 is 1.25 bits per heavy atom. The maximum absolute atomic E-state index is 12.6. The largest absolute Gasteiger partial charge is 0.384 e. The molecule has 0 saturated carbocycles. The van der Waals surface area contributed by atoms with Gasteiger partial charge in [-0.15, -0.1) is 4.40 Å². The van der Waals surface area contributed by atoms with Crippen molar-refractivity contribution in [2.75, 3.05) is 11.9 Å². The highest BCUT2D eigenvalue weighted by Gasteiger charge is 2.38. The number of nitrogens with zero attached hydrogens (tertiary/aromatic N) is 2. The molecule has 1 aromatic rings. The number of rotatable bonds is 2. The second kappa shape index (κ2) is 6.49. The van der Waals surface area contributed by atoms with Gasteiger partial charge in [-0.25, -0.2) is 0 Å². The normalized spacial score (nSPS) is 25.4. The maximum atomic E-state index is 12.6. The molecule has 0 aliphatic carbocycles. The maximum Gasteiger partial charge on any atom is 0.286 e. The van der Waals surface area contributed by atoms with E-state index in [4.69, 9.17) is 0 Å². The molecule has 2 atom stereocenters. The van der Waals surface area contributed by atoms with Gasteiger partial charge in [0.05, 0.1) is 5.69 Å². The van der Waals surface area contributed by atoms with E-state index in [2.05, 4.69) is 40.7 Å². The van der Waals surface area contributed by atoms with Gasteiger partial charge in [0, 0.05) is 23.9 Å². The number of hydrogen-bond donors (Lipinski definition) is 3. The SMILES string of the molecule is CC(C)(C)CN1C=C(C2=NS(=O)(=O)c3ccccc3N2)C(O)C2=CC=CNC21. The van der Waals surface area contributed by atoms with Crippen LogP contribution in [0.3, 0.4) is 0 Å². The van der Waals surface area contributed by atoms with Crippen molar-refractivity contribution in [2.45, 2.75) is 37.9 Å². The molecule has 2 unspecified atom stereocenters. The number of anilines is 1. The fourth-order valence-corrected chi connectivity index (χ4v) is 4.78. The number of aliphatic hydroxyl groups excluding tert-OH is 1. The summed E-state index contributed by atoms with van der Waals surface area (Å²) in [4.78, 5) is 2.21.